The third kappa shape index (κ3) is 5.41. The van der Waals surface area contributed by atoms with Crippen LogP contribution in [-0.4, -0.2) is 22.1 Å². The van der Waals surface area contributed by atoms with Gasteiger partial charge >= 0.3 is 0 Å². The highest BCUT2D eigenvalue weighted by Crippen LogP contribution is 2.19. The summed E-state index contributed by atoms with van der Waals surface area (Å²) in [5.74, 6) is 0.798. The predicted octanol–water partition coefficient (Wildman–Crippen LogP) is 5.55. The number of ether oxygens (including phenoxy) is 1. The molecule has 0 fully saturated rings. The van der Waals surface area contributed by atoms with Crippen LogP contribution in [0, 0.1) is 13.8 Å². The Morgan fingerprint density at radius 1 is 1.00 bits per heavy atom. The van der Waals surface area contributed by atoms with Gasteiger partial charge in [-0.15, -0.1) is 0 Å². The summed E-state index contributed by atoms with van der Waals surface area (Å²) in [6.07, 6.45) is 0. The number of methoxy groups -OCH3 is 1. The number of H-pyrrole nitrogens is 1. The Morgan fingerprint density at radius 2 is 1.73 bits per heavy atom. The number of thiocarbonyl (C=S) groups is 1. The van der Waals surface area contributed by atoms with Crippen LogP contribution in [0.25, 0.3) is 10.9 Å². The van der Waals surface area contributed by atoms with Crippen LogP contribution in [0.4, 0.5) is 5.69 Å². The molecular formula is C27H27N3O2S. The number of aromatic amines is 1. The van der Waals surface area contributed by atoms with Crippen molar-refractivity contribution in [2.45, 2.75) is 26.9 Å². The van der Waals surface area contributed by atoms with Crippen LogP contribution < -0.4 is 15.6 Å². The summed E-state index contributed by atoms with van der Waals surface area (Å²) in [4.78, 5) is 18.0. The van der Waals surface area contributed by atoms with E-state index in [0.717, 1.165) is 33.5 Å². The molecule has 0 saturated heterocycles. The quantitative estimate of drug-likeness (QED) is 0.372. The average molecular weight is 458 g/mol. The minimum absolute atomic E-state index is 0.102. The number of nitrogens with zero attached hydrogens (tertiary/aromatic N) is 1. The second kappa shape index (κ2) is 9.88. The largest absolute Gasteiger partial charge is 0.497 e. The number of nitrogens with one attached hydrogen (secondary N) is 2. The molecule has 0 aliphatic heterocycles. The molecule has 5 nitrogen and oxygen atoms in total. The molecule has 0 bridgehead atoms. The number of para-hydroxylation sites is 1. The highest BCUT2D eigenvalue weighted by atomic mass is 32.1. The Kier molecular flexibility index (Phi) is 6.75. The van der Waals surface area contributed by atoms with E-state index in [1.807, 2.05) is 91.5 Å². The summed E-state index contributed by atoms with van der Waals surface area (Å²) >= 11 is 5.78. The molecule has 0 saturated carbocycles. The number of hydrogen-bond donors (Lipinski definition) is 2. The zero-order valence-electron chi connectivity index (χ0n) is 19.0. The van der Waals surface area contributed by atoms with Gasteiger partial charge in [-0.25, -0.2) is 0 Å². The lowest BCUT2D eigenvalue weighted by Crippen LogP contribution is -2.35. The van der Waals surface area contributed by atoms with E-state index in [4.69, 9.17) is 17.0 Å². The van der Waals surface area contributed by atoms with Crippen LogP contribution >= 0.6 is 12.2 Å². The lowest BCUT2D eigenvalue weighted by atomic mass is 10.1. The van der Waals surface area contributed by atoms with Gasteiger partial charge in [-0.1, -0.05) is 48.0 Å². The summed E-state index contributed by atoms with van der Waals surface area (Å²) in [7, 11) is 1.65. The van der Waals surface area contributed by atoms with Crippen LogP contribution in [0.2, 0.25) is 0 Å². The van der Waals surface area contributed by atoms with Gasteiger partial charge in [0.2, 0.25) is 0 Å². The molecular weight excluding hydrogens is 430 g/mol. The normalized spacial score (nSPS) is 10.8. The maximum atomic E-state index is 12.9. The van der Waals surface area contributed by atoms with E-state index in [9.17, 15) is 4.79 Å². The van der Waals surface area contributed by atoms with E-state index >= 15 is 0 Å². The maximum absolute atomic E-state index is 12.9. The van der Waals surface area contributed by atoms with Gasteiger partial charge in [-0.3, -0.25) is 4.79 Å². The van der Waals surface area contributed by atoms with E-state index in [1.54, 1.807) is 7.11 Å². The van der Waals surface area contributed by atoms with E-state index in [0.29, 0.717) is 23.8 Å². The van der Waals surface area contributed by atoms with Crippen molar-refractivity contribution in [2.24, 2.45) is 0 Å². The summed E-state index contributed by atoms with van der Waals surface area (Å²) in [6.45, 7) is 4.97. The molecule has 3 aromatic carbocycles. The zero-order chi connectivity index (χ0) is 23.4. The van der Waals surface area contributed by atoms with Gasteiger partial charge in [0.15, 0.2) is 5.11 Å². The van der Waals surface area contributed by atoms with E-state index in [-0.39, 0.29) is 5.56 Å². The Hall–Kier alpha value is -3.64. The highest BCUT2D eigenvalue weighted by molar-refractivity contribution is 7.80. The highest BCUT2D eigenvalue weighted by Gasteiger charge is 2.15. The predicted molar refractivity (Wildman–Crippen MR) is 139 cm³/mol. The summed E-state index contributed by atoms with van der Waals surface area (Å²) in [5.41, 5.74) is 5.63. The summed E-state index contributed by atoms with van der Waals surface area (Å²) < 4.78 is 5.27. The van der Waals surface area contributed by atoms with E-state index in [2.05, 4.69) is 10.3 Å². The maximum Gasteiger partial charge on any atom is 0.253 e. The molecule has 0 atom stereocenters. The molecule has 0 spiro atoms. The fourth-order valence-corrected chi connectivity index (χ4v) is 3.99. The molecule has 4 aromatic rings. The first-order chi connectivity index (χ1) is 15.9. The topological polar surface area (TPSA) is 57.4 Å². The van der Waals surface area contributed by atoms with Gasteiger partial charge in [-0.2, -0.15) is 0 Å². The number of anilines is 1. The Balaban J connectivity index is 1.64. The van der Waals surface area contributed by atoms with E-state index in [1.165, 1.54) is 5.56 Å². The van der Waals surface area contributed by atoms with Crippen LogP contribution in [0.3, 0.4) is 0 Å². The number of fused-ring (bicyclic) bond motifs is 1. The smallest absolute Gasteiger partial charge is 0.253 e. The minimum Gasteiger partial charge on any atom is -0.497 e. The first-order valence-corrected chi connectivity index (χ1v) is 11.2. The average Bonchev–Trinajstić information content (AvgIpc) is 2.81. The van der Waals surface area contributed by atoms with Gasteiger partial charge in [0.05, 0.1) is 19.2 Å². The number of benzene rings is 3. The molecule has 1 heterocycles. The van der Waals surface area contributed by atoms with Crippen LogP contribution in [0.5, 0.6) is 5.75 Å². The van der Waals surface area contributed by atoms with Crippen molar-refractivity contribution in [1.29, 1.82) is 0 Å². The third-order valence-corrected chi connectivity index (χ3v) is 6.01. The monoisotopic (exact) mass is 457 g/mol. The van der Waals surface area contributed by atoms with Crippen molar-refractivity contribution < 1.29 is 4.74 Å². The Morgan fingerprint density at radius 3 is 2.42 bits per heavy atom. The van der Waals surface area contributed by atoms with Crippen LogP contribution in [0.1, 0.15) is 22.3 Å². The molecule has 0 aliphatic rings. The van der Waals surface area contributed by atoms with Crippen molar-refractivity contribution in [3.63, 3.8) is 0 Å². The van der Waals surface area contributed by atoms with Crippen molar-refractivity contribution >= 4 is 33.9 Å². The van der Waals surface area contributed by atoms with Gasteiger partial charge in [-0.05, 0) is 72.9 Å². The molecule has 33 heavy (non-hydrogen) atoms. The van der Waals surface area contributed by atoms with Gasteiger partial charge in [0.25, 0.3) is 5.56 Å². The second-order valence-electron chi connectivity index (χ2n) is 8.16. The van der Waals surface area contributed by atoms with Crippen LogP contribution in [-0.2, 0) is 13.1 Å². The third-order valence-electron chi connectivity index (χ3n) is 5.65. The molecule has 1 aromatic heterocycles. The summed E-state index contributed by atoms with van der Waals surface area (Å²) in [5, 5.41) is 4.88. The fraction of sp³-hybridized carbons (Fsp3) is 0.185. The van der Waals surface area contributed by atoms with Crippen LogP contribution in [0.15, 0.2) is 77.6 Å². The first kappa shape index (κ1) is 22.6. The molecule has 0 amide bonds. The molecule has 6 heteroatoms. The number of aromatic nitrogens is 1. The van der Waals surface area contributed by atoms with Crippen molar-refractivity contribution in [2.75, 3.05) is 12.4 Å². The first-order valence-electron chi connectivity index (χ1n) is 10.8. The number of rotatable bonds is 6. The second-order valence-corrected chi connectivity index (χ2v) is 8.55. The molecule has 168 valence electrons. The zero-order valence-corrected chi connectivity index (χ0v) is 19.8. The van der Waals surface area contributed by atoms with Crippen molar-refractivity contribution in [1.82, 2.24) is 9.88 Å². The van der Waals surface area contributed by atoms with Crippen molar-refractivity contribution in [3.8, 4) is 5.75 Å². The minimum atomic E-state index is -0.102. The Bertz CT molecular complexity index is 1330. The summed E-state index contributed by atoms with van der Waals surface area (Å²) in [6, 6.07) is 23.9. The molecule has 0 unspecified atom stereocenters. The van der Waals surface area contributed by atoms with Gasteiger partial charge < -0.3 is 19.9 Å². The molecule has 0 radical (unpaired) electrons. The van der Waals surface area contributed by atoms with Gasteiger partial charge in [0.1, 0.15) is 5.75 Å². The number of pyridine rings is 1. The van der Waals surface area contributed by atoms with Gasteiger partial charge in [0, 0.05) is 17.8 Å². The molecule has 0 aliphatic carbocycles. The standard InChI is InChI=1S/C27H27N3O2S/c1-18-7-11-23(12-8-18)28-27(33)30(16-20-9-13-24(32-3)14-10-20)17-22-15-21-6-4-5-19(2)25(21)29-26(22)31/h4-15H,16-17H2,1-3H3,(H,28,33)(H,29,31). The SMILES string of the molecule is COc1ccc(CN(Cc2cc3cccc(C)c3[nH]c2=O)C(=S)Nc2ccc(C)cc2)cc1. The lowest BCUT2D eigenvalue weighted by Gasteiger charge is -2.26. The molecule has 4 rings (SSSR count). The fourth-order valence-electron chi connectivity index (χ4n) is 3.74. The Labute approximate surface area is 199 Å². The molecule has 2 N–H and O–H groups in total. The number of hydrogen-bond acceptors (Lipinski definition) is 3. The lowest BCUT2D eigenvalue weighted by molar-refractivity contribution is 0.406. The van der Waals surface area contributed by atoms with E-state index < -0.39 is 0 Å². The van der Waals surface area contributed by atoms with Crippen molar-refractivity contribution in [3.05, 3.63) is 105 Å². The number of aryl methyl sites for hydroxylation is 2.